The number of para-hydroxylation sites is 1. The first-order chi connectivity index (χ1) is 12.6. The number of hydrogen-bond donors (Lipinski definition) is 0. The Kier molecular flexibility index (Phi) is 4.52. The summed E-state index contributed by atoms with van der Waals surface area (Å²) in [4.78, 5) is 8.89. The first-order valence-corrected chi connectivity index (χ1v) is 10.9. The molecule has 0 aliphatic carbocycles. The topological polar surface area (TPSA) is 79.3 Å². The lowest BCUT2D eigenvalue weighted by atomic mass is 10.0. The van der Waals surface area contributed by atoms with Gasteiger partial charge in [-0.3, -0.25) is 0 Å². The molecule has 1 atom stereocenters. The van der Waals surface area contributed by atoms with Crippen LogP contribution in [0.2, 0.25) is 0 Å². The van der Waals surface area contributed by atoms with E-state index < -0.39 is 9.84 Å². The summed E-state index contributed by atoms with van der Waals surface area (Å²) in [6.45, 7) is 3.54. The minimum Gasteiger partial charge on any atom is -0.336 e. The maximum atomic E-state index is 11.9. The zero-order chi connectivity index (χ0) is 18.1. The van der Waals surface area contributed by atoms with Crippen molar-refractivity contribution in [3.63, 3.8) is 0 Å². The molecule has 0 spiro atoms. The molecule has 8 heteroatoms. The molecule has 0 radical (unpaired) electrons. The third-order valence-corrected chi connectivity index (χ3v) is 6.92. The fraction of sp³-hybridized carbons (Fsp3) is 0.500. The van der Waals surface area contributed by atoms with Crippen molar-refractivity contribution in [1.29, 1.82) is 0 Å². The molecule has 0 saturated carbocycles. The number of hydrogen-bond acceptors (Lipinski definition) is 7. The number of benzene rings is 1. The summed E-state index contributed by atoms with van der Waals surface area (Å²) < 4.78 is 23.7. The molecule has 138 valence electrons. The van der Waals surface area contributed by atoms with Gasteiger partial charge in [-0.2, -0.15) is 10.1 Å². The molecule has 1 fully saturated rings. The van der Waals surface area contributed by atoms with Crippen LogP contribution in [0.5, 0.6) is 0 Å². The highest BCUT2D eigenvalue weighted by Crippen LogP contribution is 2.32. The molecule has 0 amide bonds. The van der Waals surface area contributed by atoms with E-state index in [4.69, 9.17) is 4.98 Å². The molecule has 26 heavy (non-hydrogen) atoms. The zero-order valence-electron chi connectivity index (χ0n) is 14.9. The number of sulfone groups is 1. The molecule has 3 heterocycles. The van der Waals surface area contributed by atoms with Gasteiger partial charge in [0.2, 0.25) is 5.95 Å². The second kappa shape index (κ2) is 6.83. The van der Waals surface area contributed by atoms with Crippen molar-refractivity contribution in [3.8, 4) is 0 Å². The molecule has 4 rings (SSSR count). The predicted molar refractivity (Wildman–Crippen MR) is 102 cm³/mol. The van der Waals surface area contributed by atoms with Gasteiger partial charge in [-0.25, -0.2) is 8.42 Å². The summed E-state index contributed by atoms with van der Waals surface area (Å²) in [6, 6.07) is 8.28. The van der Waals surface area contributed by atoms with Gasteiger partial charge < -0.3 is 9.80 Å². The van der Waals surface area contributed by atoms with Crippen molar-refractivity contribution in [3.05, 3.63) is 36.0 Å². The van der Waals surface area contributed by atoms with Gasteiger partial charge in [0, 0.05) is 24.8 Å². The van der Waals surface area contributed by atoms with Crippen molar-refractivity contribution in [2.45, 2.75) is 32.2 Å². The van der Waals surface area contributed by atoms with Gasteiger partial charge in [-0.05, 0) is 37.8 Å². The van der Waals surface area contributed by atoms with Crippen molar-refractivity contribution in [2.24, 2.45) is 0 Å². The summed E-state index contributed by atoms with van der Waals surface area (Å²) in [7, 11) is -2.96. The van der Waals surface area contributed by atoms with E-state index in [1.54, 1.807) is 6.20 Å². The number of aryl methyl sites for hydroxylation is 1. The summed E-state index contributed by atoms with van der Waals surface area (Å²) in [5, 5.41) is 8.36. The van der Waals surface area contributed by atoms with Crippen molar-refractivity contribution in [2.75, 3.05) is 34.4 Å². The Morgan fingerprint density at radius 1 is 1.31 bits per heavy atom. The summed E-state index contributed by atoms with van der Waals surface area (Å²) >= 11 is 0. The standard InChI is InChI=1S/C18H23N5O2S/c1-2-22(15-9-11-26(24,25)13-15)18-20-17(12-19-21-18)23-10-5-7-14-6-3-4-8-16(14)23/h3-4,6,8,12,15H,2,5,7,9-11,13H2,1H3. The van der Waals surface area contributed by atoms with Crippen LogP contribution in [-0.2, 0) is 16.3 Å². The fourth-order valence-electron chi connectivity index (χ4n) is 3.89. The second-order valence-electron chi connectivity index (χ2n) is 6.84. The van der Waals surface area contributed by atoms with Crippen LogP contribution in [0.4, 0.5) is 17.5 Å². The molecular weight excluding hydrogens is 350 g/mol. The van der Waals surface area contributed by atoms with Crippen LogP contribution in [0.1, 0.15) is 25.3 Å². The molecule has 1 saturated heterocycles. The van der Waals surface area contributed by atoms with E-state index in [0.29, 0.717) is 18.9 Å². The number of nitrogens with zero attached hydrogens (tertiary/aromatic N) is 5. The predicted octanol–water partition coefficient (Wildman–Crippen LogP) is 1.97. The van der Waals surface area contributed by atoms with Gasteiger partial charge in [0.15, 0.2) is 15.7 Å². The second-order valence-corrected chi connectivity index (χ2v) is 9.07. The molecule has 7 nitrogen and oxygen atoms in total. The SMILES string of the molecule is CCN(c1nncc(N2CCCc3ccccc32)n1)C1CCS(=O)(=O)C1. The zero-order valence-corrected chi connectivity index (χ0v) is 15.7. The maximum absolute atomic E-state index is 11.9. The Hall–Kier alpha value is -2.22. The van der Waals surface area contributed by atoms with E-state index in [2.05, 4.69) is 33.3 Å². The number of anilines is 3. The van der Waals surface area contributed by atoms with Gasteiger partial charge in [0.1, 0.15) is 0 Å². The molecule has 2 aliphatic rings. The number of fused-ring (bicyclic) bond motifs is 1. The Balaban J connectivity index is 1.65. The number of aromatic nitrogens is 3. The maximum Gasteiger partial charge on any atom is 0.247 e. The van der Waals surface area contributed by atoms with Gasteiger partial charge >= 0.3 is 0 Å². The van der Waals surface area contributed by atoms with E-state index in [9.17, 15) is 8.42 Å². The highest BCUT2D eigenvalue weighted by molar-refractivity contribution is 7.91. The molecular formula is C18H23N5O2S. The van der Waals surface area contributed by atoms with E-state index in [1.807, 2.05) is 17.9 Å². The first-order valence-electron chi connectivity index (χ1n) is 9.09. The van der Waals surface area contributed by atoms with Crippen molar-refractivity contribution < 1.29 is 8.42 Å². The molecule has 1 aromatic carbocycles. The molecule has 2 aromatic rings. The van der Waals surface area contributed by atoms with Crippen LogP contribution in [0.25, 0.3) is 0 Å². The van der Waals surface area contributed by atoms with Crippen LogP contribution in [0.15, 0.2) is 30.5 Å². The minimum absolute atomic E-state index is 0.0734. The Labute approximate surface area is 154 Å². The van der Waals surface area contributed by atoms with Crippen molar-refractivity contribution in [1.82, 2.24) is 15.2 Å². The monoisotopic (exact) mass is 373 g/mol. The van der Waals surface area contributed by atoms with Crippen LogP contribution in [-0.4, -0.2) is 54.2 Å². The summed E-state index contributed by atoms with van der Waals surface area (Å²) in [5.41, 5.74) is 2.48. The van der Waals surface area contributed by atoms with Gasteiger partial charge in [-0.15, -0.1) is 5.10 Å². The number of rotatable bonds is 4. The van der Waals surface area contributed by atoms with Crippen molar-refractivity contribution >= 4 is 27.3 Å². The summed E-state index contributed by atoms with van der Waals surface area (Å²) in [5.74, 6) is 1.68. The molecule has 1 unspecified atom stereocenters. The molecule has 1 aromatic heterocycles. The Morgan fingerprint density at radius 3 is 2.92 bits per heavy atom. The van der Waals surface area contributed by atoms with Crippen LogP contribution in [0.3, 0.4) is 0 Å². The minimum atomic E-state index is -2.96. The largest absolute Gasteiger partial charge is 0.336 e. The summed E-state index contributed by atoms with van der Waals surface area (Å²) in [6.07, 6.45) is 4.44. The van der Waals surface area contributed by atoms with E-state index in [0.717, 1.165) is 30.9 Å². The normalized spacial score (nSPS) is 21.4. The molecule has 0 N–H and O–H groups in total. The van der Waals surface area contributed by atoms with Gasteiger partial charge in [0.25, 0.3) is 0 Å². The molecule has 0 bridgehead atoms. The Morgan fingerprint density at radius 2 is 2.15 bits per heavy atom. The average molecular weight is 373 g/mol. The lowest BCUT2D eigenvalue weighted by Gasteiger charge is -2.31. The van der Waals surface area contributed by atoms with Crippen LogP contribution in [0, 0.1) is 0 Å². The fourth-order valence-corrected chi connectivity index (χ4v) is 5.62. The Bertz CT molecular complexity index is 902. The van der Waals surface area contributed by atoms with Gasteiger partial charge in [0.05, 0.1) is 17.7 Å². The van der Waals surface area contributed by atoms with E-state index in [1.165, 1.54) is 5.56 Å². The quantitative estimate of drug-likeness (QED) is 0.810. The third-order valence-electron chi connectivity index (χ3n) is 5.17. The molecule has 2 aliphatic heterocycles. The lowest BCUT2D eigenvalue weighted by molar-refractivity contribution is 0.598. The van der Waals surface area contributed by atoms with Gasteiger partial charge in [-0.1, -0.05) is 18.2 Å². The highest BCUT2D eigenvalue weighted by atomic mass is 32.2. The average Bonchev–Trinajstić information content (AvgIpc) is 3.01. The van der Waals surface area contributed by atoms with Crippen LogP contribution < -0.4 is 9.80 Å². The smallest absolute Gasteiger partial charge is 0.247 e. The van der Waals surface area contributed by atoms with Crippen LogP contribution >= 0.6 is 0 Å². The lowest BCUT2D eigenvalue weighted by Crippen LogP contribution is -2.38. The van der Waals surface area contributed by atoms with E-state index >= 15 is 0 Å². The third kappa shape index (κ3) is 3.25. The first kappa shape index (κ1) is 17.2. The highest BCUT2D eigenvalue weighted by Gasteiger charge is 2.33. The van der Waals surface area contributed by atoms with E-state index in [-0.39, 0.29) is 17.5 Å².